The van der Waals surface area contributed by atoms with Crippen molar-refractivity contribution in [3.8, 4) is 0 Å². The Morgan fingerprint density at radius 3 is 1.92 bits per heavy atom. The second-order valence-corrected chi connectivity index (χ2v) is 8.23. The van der Waals surface area contributed by atoms with Crippen molar-refractivity contribution < 1.29 is 16.8 Å². The monoisotopic (exact) mass is 440 g/mol. The molecule has 0 N–H and O–H groups in total. The van der Waals surface area contributed by atoms with Crippen LogP contribution in [0.3, 0.4) is 0 Å². The number of hydrogen-bond acceptors (Lipinski definition) is 4. The van der Waals surface area contributed by atoms with E-state index < -0.39 is 10.4 Å². The van der Waals surface area contributed by atoms with E-state index in [1.165, 1.54) is 44.9 Å². The maximum absolute atomic E-state index is 11.7. The van der Waals surface area contributed by atoms with E-state index in [1.807, 2.05) is 6.92 Å². The Kier molecular flexibility index (Phi) is 22.0. The Labute approximate surface area is 180 Å². The van der Waals surface area contributed by atoms with Crippen LogP contribution in [0.2, 0.25) is 5.32 Å². The first kappa shape index (κ1) is 27.6. The molecule has 0 spiro atoms. The third-order valence-electron chi connectivity index (χ3n) is 3.87. The van der Waals surface area contributed by atoms with Gasteiger partial charge in [-0.15, -0.1) is 0 Å². The zero-order chi connectivity index (χ0) is 17.4. The Morgan fingerprint density at radius 1 is 0.875 bits per heavy atom. The molecule has 0 aliphatic heterocycles. The summed E-state index contributed by atoms with van der Waals surface area (Å²) in [6, 6.07) is 0. The number of hydrogen-bond donors (Lipinski definition) is 0. The molecule has 142 valence electrons. The predicted molar refractivity (Wildman–Crippen MR) is 106 cm³/mol. The van der Waals surface area contributed by atoms with Crippen LogP contribution in [-0.4, -0.2) is 66.7 Å². The van der Waals surface area contributed by atoms with Gasteiger partial charge in [0, 0.05) is 0 Å². The van der Waals surface area contributed by atoms with Gasteiger partial charge in [-0.05, 0) is 0 Å². The predicted octanol–water partition coefficient (Wildman–Crippen LogP) is 4.02. The second kappa shape index (κ2) is 19.2. The molecule has 1 atom stereocenters. The molecule has 4 nitrogen and oxygen atoms in total. The molecule has 0 aliphatic rings. The minimum atomic E-state index is -3.83. The fourth-order valence-electron chi connectivity index (χ4n) is 2.42. The van der Waals surface area contributed by atoms with Crippen LogP contribution in [0.5, 0.6) is 0 Å². The van der Waals surface area contributed by atoms with Crippen molar-refractivity contribution in [1.82, 2.24) is 0 Å². The summed E-state index contributed by atoms with van der Waals surface area (Å²) in [4.78, 5) is 0. The fraction of sp³-hybridized carbons (Fsp3) is 1.00. The third kappa shape index (κ3) is 18.2. The van der Waals surface area contributed by atoms with Gasteiger partial charge in [-0.3, -0.25) is 0 Å². The van der Waals surface area contributed by atoms with Crippen molar-refractivity contribution in [3.63, 3.8) is 0 Å². The molecule has 0 fully saturated rings. The molecule has 7 heteroatoms. The van der Waals surface area contributed by atoms with Crippen LogP contribution in [-0.2, 0) is 18.8 Å². The molecule has 0 aliphatic carbocycles. The second-order valence-electron chi connectivity index (χ2n) is 6.05. The zero-order valence-corrected chi connectivity index (χ0v) is 17.7. The van der Waals surface area contributed by atoms with Crippen LogP contribution in [0.1, 0.15) is 90.9 Å². The summed E-state index contributed by atoms with van der Waals surface area (Å²) in [6.45, 7) is 4.39. The Bertz CT molecular complexity index is 352. The average molecular weight is 439 g/mol. The summed E-state index contributed by atoms with van der Waals surface area (Å²) in [5, 5.41) is 0.845. The quantitative estimate of drug-likeness (QED) is 0.254. The molecule has 0 amide bonds. The van der Waals surface area contributed by atoms with E-state index in [2.05, 4.69) is 22.9 Å². The molecular weight excluding hydrogens is 402 g/mol. The van der Waals surface area contributed by atoms with Gasteiger partial charge in [0.2, 0.25) is 0 Å². The summed E-state index contributed by atoms with van der Waals surface area (Å²) in [7, 11) is -3.83. The normalized spacial score (nSPS) is 12.8. The van der Waals surface area contributed by atoms with E-state index >= 15 is 0 Å². The van der Waals surface area contributed by atoms with Crippen LogP contribution < -0.4 is 0 Å². The Hall–Kier alpha value is 1.39. The molecule has 0 radical (unpaired) electrons. The van der Waals surface area contributed by atoms with Crippen molar-refractivity contribution in [2.75, 3.05) is 6.61 Å². The molecule has 0 rings (SSSR count). The molecule has 0 saturated carbocycles. The Balaban J connectivity index is 0. The standard InChI is InChI=1S/C17H36O4SSe.Na.H/c1-3-5-6-7-8-9-10-11-12-14-17(4-2)21-22(18,19)20-15-13-16-23;;/h17,23H,3-16H2,1-2H3;;. The van der Waals surface area contributed by atoms with E-state index in [1.54, 1.807) is 0 Å². The first-order valence-corrected chi connectivity index (χ1v) is 11.9. The van der Waals surface area contributed by atoms with Crippen molar-refractivity contribution in [2.45, 2.75) is 102 Å². The van der Waals surface area contributed by atoms with Gasteiger partial charge in [0.1, 0.15) is 0 Å². The van der Waals surface area contributed by atoms with Gasteiger partial charge in [-0.25, -0.2) is 0 Å². The van der Waals surface area contributed by atoms with Gasteiger partial charge in [0.25, 0.3) is 0 Å². The van der Waals surface area contributed by atoms with E-state index in [9.17, 15) is 8.42 Å². The van der Waals surface area contributed by atoms with E-state index in [-0.39, 0.29) is 42.3 Å². The molecule has 0 aromatic heterocycles. The molecule has 0 heterocycles. The SMILES string of the molecule is CCCCCCCCCCCC(CC)OS(=O)(=O)OCCC[SeH].[NaH]. The topological polar surface area (TPSA) is 52.6 Å². The Morgan fingerprint density at radius 2 is 1.42 bits per heavy atom. The van der Waals surface area contributed by atoms with Gasteiger partial charge in [-0.1, -0.05) is 39.0 Å². The van der Waals surface area contributed by atoms with Crippen LogP contribution >= 0.6 is 0 Å². The summed E-state index contributed by atoms with van der Waals surface area (Å²) in [6.07, 6.45) is 13.3. The van der Waals surface area contributed by atoms with Gasteiger partial charge < -0.3 is 0 Å². The van der Waals surface area contributed by atoms with Gasteiger partial charge in [-0.2, -0.15) is 0 Å². The summed E-state index contributed by atoms with van der Waals surface area (Å²) >= 11 is 2.41. The summed E-state index contributed by atoms with van der Waals surface area (Å²) in [5.41, 5.74) is 0. The van der Waals surface area contributed by atoms with Crippen LogP contribution in [0.4, 0.5) is 0 Å². The molecule has 24 heavy (non-hydrogen) atoms. The van der Waals surface area contributed by atoms with E-state index in [0.717, 1.165) is 24.6 Å². The number of rotatable bonds is 17. The first-order chi connectivity index (χ1) is 11.1. The van der Waals surface area contributed by atoms with Gasteiger partial charge >= 0.3 is 143 Å². The van der Waals surface area contributed by atoms with E-state index in [4.69, 9.17) is 8.37 Å². The van der Waals surface area contributed by atoms with Gasteiger partial charge in [0.15, 0.2) is 0 Å². The van der Waals surface area contributed by atoms with Crippen LogP contribution in [0.25, 0.3) is 0 Å². The first-order valence-electron chi connectivity index (χ1n) is 9.24. The fourth-order valence-corrected chi connectivity index (χ4v) is 3.64. The maximum atomic E-state index is 11.7. The molecule has 0 aromatic rings. The zero-order valence-electron chi connectivity index (χ0n) is 15.0. The molecule has 0 bridgehead atoms. The van der Waals surface area contributed by atoms with Crippen molar-refractivity contribution in [2.24, 2.45) is 0 Å². The van der Waals surface area contributed by atoms with Crippen molar-refractivity contribution >= 4 is 56.0 Å². The number of unbranched alkanes of at least 4 members (excludes halogenated alkanes) is 8. The van der Waals surface area contributed by atoms with Crippen LogP contribution in [0.15, 0.2) is 0 Å². The third-order valence-corrected chi connectivity index (χ3v) is 5.50. The van der Waals surface area contributed by atoms with Crippen LogP contribution in [0, 0.1) is 0 Å². The summed E-state index contributed by atoms with van der Waals surface area (Å²) < 4.78 is 33.4. The summed E-state index contributed by atoms with van der Waals surface area (Å²) in [5.74, 6) is 0. The van der Waals surface area contributed by atoms with Gasteiger partial charge in [0.05, 0.1) is 0 Å². The average Bonchev–Trinajstić information content (AvgIpc) is 2.52. The van der Waals surface area contributed by atoms with E-state index in [0.29, 0.717) is 12.8 Å². The van der Waals surface area contributed by atoms with Crippen molar-refractivity contribution in [1.29, 1.82) is 0 Å². The molecule has 0 saturated heterocycles. The molecular formula is C17H37NaO4SSe. The van der Waals surface area contributed by atoms with Crippen molar-refractivity contribution in [3.05, 3.63) is 0 Å². The molecule has 0 aromatic carbocycles. The molecule has 1 unspecified atom stereocenters. The minimum absolute atomic E-state index is 0.